The lowest BCUT2D eigenvalue weighted by molar-refractivity contribution is 0.102. The average Bonchev–Trinajstić information content (AvgIpc) is 2.62. The Hall–Kier alpha value is -1.73. The Bertz CT molecular complexity index is 630. The van der Waals surface area contributed by atoms with Crippen LogP contribution in [-0.2, 0) is 0 Å². The summed E-state index contributed by atoms with van der Waals surface area (Å²) in [6.45, 7) is 0.877. The summed E-state index contributed by atoms with van der Waals surface area (Å²) in [4.78, 5) is 12.1. The largest absolute Gasteiger partial charge is 0.367 e. The van der Waals surface area contributed by atoms with E-state index >= 15 is 0 Å². The van der Waals surface area contributed by atoms with Gasteiger partial charge in [0, 0.05) is 34.7 Å². The van der Waals surface area contributed by atoms with Crippen LogP contribution in [0.2, 0.25) is 0 Å². The SMILES string of the molecule is O=C(Nc1ccccc1)c1ccc(NCC2CSCCS2)nn1. The molecule has 7 heteroatoms. The second kappa shape index (κ2) is 8.21. The quantitative estimate of drug-likeness (QED) is 0.867. The van der Waals surface area contributed by atoms with Crippen molar-refractivity contribution >= 4 is 40.9 Å². The van der Waals surface area contributed by atoms with Crippen molar-refractivity contribution < 1.29 is 4.79 Å². The van der Waals surface area contributed by atoms with Crippen LogP contribution in [0.3, 0.4) is 0 Å². The van der Waals surface area contributed by atoms with E-state index < -0.39 is 0 Å². The maximum absolute atomic E-state index is 12.1. The number of rotatable bonds is 5. The van der Waals surface area contributed by atoms with Crippen LogP contribution in [0.4, 0.5) is 11.5 Å². The molecule has 2 N–H and O–H groups in total. The summed E-state index contributed by atoms with van der Waals surface area (Å²) in [6, 6.07) is 12.8. The highest BCUT2D eigenvalue weighted by atomic mass is 32.2. The molecule has 1 aliphatic heterocycles. The van der Waals surface area contributed by atoms with Crippen LogP contribution < -0.4 is 10.6 Å². The lowest BCUT2D eigenvalue weighted by Gasteiger charge is -2.21. The average molecular weight is 346 g/mol. The van der Waals surface area contributed by atoms with Crippen molar-refractivity contribution in [2.75, 3.05) is 34.4 Å². The normalized spacial score (nSPS) is 17.5. The molecule has 2 aromatic rings. The van der Waals surface area contributed by atoms with Gasteiger partial charge in [0.1, 0.15) is 5.82 Å². The number of aromatic nitrogens is 2. The highest BCUT2D eigenvalue weighted by Gasteiger charge is 2.14. The van der Waals surface area contributed by atoms with E-state index in [1.54, 1.807) is 12.1 Å². The Morgan fingerprint density at radius 3 is 2.70 bits per heavy atom. The standard InChI is InChI=1S/C16H18N4OS2/c21-16(18-12-4-2-1-3-5-12)14-6-7-15(20-19-14)17-10-13-11-22-8-9-23-13/h1-7,13H,8-11H2,(H,17,20)(H,18,21). The van der Waals surface area contributed by atoms with Gasteiger partial charge in [-0.3, -0.25) is 4.79 Å². The lowest BCUT2D eigenvalue weighted by atomic mass is 10.3. The number of nitrogens with one attached hydrogen (secondary N) is 2. The van der Waals surface area contributed by atoms with Crippen molar-refractivity contribution in [3.63, 3.8) is 0 Å². The number of hydrogen-bond donors (Lipinski definition) is 2. The molecule has 0 aliphatic carbocycles. The maximum Gasteiger partial charge on any atom is 0.276 e. The van der Waals surface area contributed by atoms with Crippen LogP contribution in [0, 0.1) is 0 Å². The van der Waals surface area contributed by atoms with E-state index in [1.807, 2.05) is 53.9 Å². The third-order valence-corrected chi connectivity index (χ3v) is 6.17. The molecule has 1 fully saturated rings. The fourth-order valence-electron chi connectivity index (χ4n) is 2.14. The van der Waals surface area contributed by atoms with E-state index in [0.717, 1.165) is 12.2 Å². The number of amides is 1. The summed E-state index contributed by atoms with van der Waals surface area (Å²) in [5.74, 6) is 4.07. The van der Waals surface area contributed by atoms with E-state index in [2.05, 4.69) is 20.8 Å². The third kappa shape index (κ3) is 4.87. The fraction of sp³-hybridized carbons (Fsp3) is 0.312. The lowest BCUT2D eigenvalue weighted by Crippen LogP contribution is -2.23. The second-order valence-corrected chi connectivity index (χ2v) is 7.63. The molecule has 0 spiro atoms. The Morgan fingerprint density at radius 1 is 1.13 bits per heavy atom. The van der Waals surface area contributed by atoms with Crippen molar-refractivity contribution in [3.05, 3.63) is 48.2 Å². The number of benzene rings is 1. The van der Waals surface area contributed by atoms with Gasteiger partial charge >= 0.3 is 0 Å². The maximum atomic E-state index is 12.1. The number of hydrogen-bond acceptors (Lipinski definition) is 6. The van der Waals surface area contributed by atoms with Gasteiger partial charge in [-0.1, -0.05) is 18.2 Å². The molecule has 1 unspecified atom stereocenters. The molecule has 0 radical (unpaired) electrons. The molecule has 1 aromatic heterocycles. The minimum Gasteiger partial charge on any atom is -0.367 e. The molecule has 1 aromatic carbocycles. The summed E-state index contributed by atoms with van der Waals surface area (Å²) in [5.41, 5.74) is 1.05. The monoisotopic (exact) mass is 346 g/mol. The molecular formula is C16H18N4OS2. The first kappa shape index (κ1) is 16.1. The van der Waals surface area contributed by atoms with E-state index in [4.69, 9.17) is 0 Å². The van der Waals surface area contributed by atoms with E-state index in [0.29, 0.717) is 16.8 Å². The molecule has 3 rings (SSSR count). The first-order valence-corrected chi connectivity index (χ1v) is 9.65. The van der Waals surface area contributed by atoms with Crippen LogP contribution in [-0.4, -0.2) is 45.2 Å². The van der Waals surface area contributed by atoms with Gasteiger partial charge in [-0.2, -0.15) is 23.5 Å². The number of para-hydroxylation sites is 1. The summed E-state index contributed by atoms with van der Waals surface area (Å²) in [6.07, 6.45) is 0. The molecule has 1 saturated heterocycles. The molecule has 1 amide bonds. The molecule has 5 nitrogen and oxygen atoms in total. The molecule has 0 saturated carbocycles. The minimum atomic E-state index is -0.255. The van der Waals surface area contributed by atoms with Crippen LogP contribution in [0.5, 0.6) is 0 Å². The summed E-state index contributed by atoms with van der Waals surface area (Å²) >= 11 is 3.99. The second-order valence-electron chi connectivity index (χ2n) is 5.07. The first-order valence-electron chi connectivity index (χ1n) is 7.44. The predicted octanol–water partition coefficient (Wildman–Crippen LogP) is 2.99. The highest BCUT2D eigenvalue weighted by Crippen LogP contribution is 2.24. The summed E-state index contributed by atoms with van der Waals surface area (Å²) in [5, 5.41) is 14.8. The Balaban J connectivity index is 1.53. The zero-order valence-electron chi connectivity index (χ0n) is 12.6. The number of carbonyl (C=O) groups is 1. The Morgan fingerprint density at radius 2 is 2.00 bits per heavy atom. The summed E-state index contributed by atoms with van der Waals surface area (Å²) in [7, 11) is 0. The highest BCUT2D eigenvalue weighted by molar-refractivity contribution is 8.06. The Kier molecular flexibility index (Phi) is 5.76. The van der Waals surface area contributed by atoms with E-state index in [1.165, 1.54) is 17.3 Å². The van der Waals surface area contributed by atoms with Gasteiger partial charge in [-0.25, -0.2) is 0 Å². The number of nitrogens with zero attached hydrogens (tertiary/aromatic N) is 2. The van der Waals surface area contributed by atoms with Gasteiger partial charge in [0.15, 0.2) is 5.69 Å². The number of thioether (sulfide) groups is 2. The van der Waals surface area contributed by atoms with Crippen molar-refractivity contribution in [3.8, 4) is 0 Å². The van der Waals surface area contributed by atoms with Crippen molar-refractivity contribution in [1.82, 2.24) is 10.2 Å². The molecule has 1 atom stereocenters. The molecular weight excluding hydrogens is 328 g/mol. The predicted molar refractivity (Wildman–Crippen MR) is 98.5 cm³/mol. The van der Waals surface area contributed by atoms with Gasteiger partial charge in [0.25, 0.3) is 5.91 Å². The molecule has 120 valence electrons. The van der Waals surface area contributed by atoms with Crippen LogP contribution >= 0.6 is 23.5 Å². The third-order valence-electron chi connectivity index (χ3n) is 3.32. The smallest absolute Gasteiger partial charge is 0.276 e. The van der Waals surface area contributed by atoms with Crippen molar-refractivity contribution in [2.24, 2.45) is 0 Å². The first-order chi connectivity index (χ1) is 11.3. The zero-order valence-corrected chi connectivity index (χ0v) is 14.2. The molecule has 2 heterocycles. The summed E-state index contributed by atoms with van der Waals surface area (Å²) < 4.78 is 0. The topological polar surface area (TPSA) is 66.9 Å². The molecule has 23 heavy (non-hydrogen) atoms. The van der Waals surface area contributed by atoms with Gasteiger partial charge < -0.3 is 10.6 Å². The molecule has 0 bridgehead atoms. The fourth-order valence-corrected chi connectivity index (χ4v) is 4.75. The van der Waals surface area contributed by atoms with Crippen molar-refractivity contribution in [1.29, 1.82) is 0 Å². The van der Waals surface area contributed by atoms with Crippen LogP contribution in [0.25, 0.3) is 0 Å². The minimum absolute atomic E-state index is 0.255. The zero-order chi connectivity index (χ0) is 15.9. The van der Waals surface area contributed by atoms with Gasteiger partial charge in [-0.05, 0) is 24.3 Å². The van der Waals surface area contributed by atoms with Crippen LogP contribution in [0.15, 0.2) is 42.5 Å². The van der Waals surface area contributed by atoms with Gasteiger partial charge in [0.05, 0.1) is 0 Å². The molecule has 1 aliphatic rings. The van der Waals surface area contributed by atoms with Crippen molar-refractivity contribution in [2.45, 2.75) is 5.25 Å². The van der Waals surface area contributed by atoms with Gasteiger partial charge in [0.2, 0.25) is 0 Å². The van der Waals surface area contributed by atoms with Gasteiger partial charge in [-0.15, -0.1) is 10.2 Å². The van der Waals surface area contributed by atoms with Crippen LogP contribution in [0.1, 0.15) is 10.5 Å². The Labute approximate surface area is 144 Å². The van der Waals surface area contributed by atoms with E-state index in [9.17, 15) is 4.79 Å². The number of carbonyl (C=O) groups excluding carboxylic acids is 1. The van der Waals surface area contributed by atoms with E-state index in [-0.39, 0.29) is 5.91 Å². The number of anilines is 2.